The third kappa shape index (κ3) is 4.91. The molecule has 106 valence electrons. The average Bonchev–Trinajstić information content (AvgIpc) is 2.44. The number of carbonyl (C=O) groups excluding carboxylic acids is 1. The summed E-state index contributed by atoms with van der Waals surface area (Å²) in [6.45, 7) is 8.77. The Bertz CT molecular complexity index is 402. The SMILES string of the molecule is CCN(CC)CC(C)OC(=O)c1cccc(OC)c1. The van der Waals surface area contributed by atoms with E-state index in [0.29, 0.717) is 11.3 Å². The summed E-state index contributed by atoms with van der Waals surface area (Å²) in [6.07, 6.45) is -0.126. The van der Waals surface area contributed by atoms with Crippen LogP contribution in [0.25, 0.3) is 0 Å². The van der Waals surface area contributed by atoms with Crippen molar-refractivity contribution in [2.24, 2.45) is 0 Å². The topological polar surface area (TPSA) is 38.8 Å². The molecule has 4 heteroatoms. The minimum absolute atomic E-state index is 0.126. The number of nitrogens with zero attached hydrogens (tertiary/aromatic N) is 1. The van der Waals surface area contributed by atoms with E-state index >= 15 is 0 Å². The van der Waals surface area contributed by atoms with Crippen molar-refractivity contribution in [3.05, 3.63) is 29.8 Å². The number of likely N-dealkylation sites (N-methyl/N-ethyl adjacent to an activating group) is 1. The molecule has 0 amide bonds. The lowest BCUT2D eigenvalue weighted by atomic mass is 10.2. The first-order chi connectivity index (χ1) is 9.10. The number of hydrogen-bond acceptors (Lipinski definition) is 4. The normalized spacial score (nSPS) is 12.3. The van der Waals surface area contributed by atoms with E-state index in [1.807, 2.05) is 6.92 Å². The summed E-state index contributed by atoms with van der Waals surface area (Å²) in [5.74, 6) is 0.351. The van der Waals surface area contributed by atoms with Crippen molar-refractivity contribution in [1.29, 1.82) is 0 Å². The maximum atomic E-state index is 12.0. The van der Waals surface area contributed by atoms with E-state index in [0.717, 1.165) is 19.6 Å². The van der Waals surface area contributed by atoms with Gasteiger partial charge < -0.3 is 14.4 Å². The lowest BCUT2D eigenvalue weighted by Gasteiger charge is -2.22. The van der Waals surface area contributed by atoms with Gasteiger partial charge >= 0.3 is 5.97 Å². The Kier molecular flexibility index (Phi) is 6.36. The van der Waals surface area contributed by atoms with Crippen molar-refractivity contribution in [2.45, 2.75) is 26.9 Å². The van der Waals surface area contributed by atoms with Crippen molar-refractivity contribution in [3.63, 3.8) is 0 Å². The maximum absolute atomic E-state index is 12.0. The molecule has 0 spiro atoms. The van der Waals surface area contributed by atoms with E-state index in [1.54, 1.807) is 31.4 Å². The standard InChI is InChI=1S/C15H23NO3/c1-5-16(6-2)11-12(3)19-15(17)13-8-7-9-14(10-13)18-4/h7-10,12H,5-6,11H2,1-4H3. The summed E-state index contributed by atoms with van der Waals surface area (Å²) in [7, 11) is 1.58. The Labute approximate surface area is 115 Å². The van der Waals surface area contributed by atoms with Crippen LogP contribution in [0.3, 0.4) is 0 Å². The Morgan fingerprint density at radius 1 is 1.32 bits per heavy atom. The number of hydrogen-bond donors (Lipinski definition) is 0. The van der Waals surface area contributed by atoms with Crippen LogP contribution < -0.4 is 4.74 Å². The Morgan fingerprint density at radius 2 is 2.00 bits per heavy atom. The summed E-state index contributed by atoms with van der Waals surface area (Å²) in [5.41, 5.74) is 0.519. The molecule has 0 bridgehead atoms. The smallest absolute Gasteiger partial charge is 0.338 e. The van der Waals surface area contributed by atoms with E-state index in [4.69, 9.17) is 9.47 Å². The van der Waals surface area contributed by atoms with Gasteiger partial charge in [0.15, 0.2) is 0 Å². The molecule has 19 heavy (non-hydrogen) atoms. The quantitative estimate of drug-likeness (QED) is 0.710. The zero-order valence-electron chi connectivity index (χ0n) is 12.2. The van der Waals surface area contributed by atoms with Gasteiger partial charge in [0.2, 0.25) is 0 Å². The molecule has 0 aliphatic rings. The van der Waals surface area contributed by atoms with E-state index in [-0.39, 0.29) is 12.1 Å². The molecule has 1 aromatic rings. The van der Waals surface area contributed by atoms with Gasteiger partial charge in [-0.05, 0) is 38.2 Å². The highest BCUT2D eigenvalue weighted by Crippen LogP contribution is 2.14. The molecule has 1 atom stereocenters. The second-order valence-electron chi connectivity index (χ2n) is 4.43. The highest BCUT2D eigenvalue weighted by atomic mass is 16.5. The molecule has 1 unspecified atom stereocenters. The summed E-state index contributed by atoms with van der Waals surface area (Å²) in [4.78, 5) is 14.2. The predicted molar refractivity (Wildman–Crippen MR) is 75.7 cm³/mol. The summed E-state index contributed by atoms with van der Waals surface area (Å²) < 4.78 is 10.5. The van der Waals surface area contributed by atoms with Crippen LogP contribution in [0.4, 0.5) is 0 Å². The number of carbonyl (C=O) groups is 1. The third-order valence-corrected chi connectivity index (χ3v) is 3.02. The van der Waals surface area contributed by atoms with Crippen LogP contribution in [0.5, 0.6) is 5.75 Å². The number of methoxy groups -OCH3 is 1. The van der Waals surface area contributed by atoms with Crippen molar-refractivity contribution in [1.82, 2.24) is 4.90 Å². The van der Waals surface area contributed by atoms with Crippen molar-refractivity contribution in [2.75, 3.05) is 26.7 Å². The zero-order chi connectivity index (χ0) is 14.3. The van der Waals surface area contributed by atoms with Crippen LogP contribution in [0.15, 0.2) is 24.3 Å². The van der Waals surface area contributed by atoms with Gasteiger partial charge in [-0.15, -0.1) is 0 Å². The Morgan fingerprint density at radius 3 is 2.58 bits per heavy atom. The molecule has 0 saturated carbocycles. The second-order valence-corrected chi connectivity index (χ2v) is 4.43. The Hall–Kier alpha value is -1.55. The monoisotopic (exact) mass is 265 g/mol. The molecule has 0 saturated heterocycles. The molecule has 0 aromatic heterocycles. The Balaban J connectivity index is 2.58. The minimum atomic E-state index is -0.307. The number of benzene rings is 1. The van der Waals surface area contributed by atoms with Crippen LogP contribution >= 0.6 is 0 Å². The molecule has 0 heterocycles. The van der Waals surface area contributed by atoms with E-state index in [2.05, 4.69) is 18.7 Å². The summed E-state index contributed by atoms with van der Waals surface area (Å²) in [5, 5.41) is 0. The first kappa shape index (κ1) is 15.5. The van der Waals surface area contributed by atoms with Crippen molar-refractivity contribution >= 4 is 5.97 Å². The predicted octanol–water partition coefficient (Wildman–Crippen LogP) is 2.58. The van der Waals surface area contributed by atoms with Gasteiger partial charge in [0.1, 0.15) is 11.9 Å². The number of esters is 1. The highest BCUT2D eigenvalue weighted by molar-refractivity contribution is 5.89. The molecule has 0 N–H and O–H groups in total. The van der Waals surface area contributed by atoms with Gasteiger partial charge in [0.05, 0.1) is 12.7 Å². The van der Waals surface area contributed by atoms with Crippen LogP contribution in [-0.4, -0.2) is 43.7 Å². The van der Waals surface area contributed by atoms with Gasteiger partial charge in [0, 0.05) is 6.54 Å². The van der Waals surface area contributed by atoms with Crippen LogP contribution in [-0.2, 0) is 4.74 Å². The number of rotatable bonds is 7. The fraction of sp³-hybridized carbons (Fsp3) is 0.533. The molecule has 0 aliphatic heterocycles. The van der Waals surface area contributed by atoms with Crippen molar-refractivity contribution < 1.29 is 14.3 Å². The molecular formula is C15H23NO3. The van der Waals surface area contributed by atoms with E-state index in [1.165, 1.54) is 0 Å². The molecule has 0 aliphatic carbocycles. The third-order valence-electron chi connectivity index (χ3n) is 3.02. The fourth-order valence-electron chi connectivity index (χ4n) is 1.88. The molecule has 4 nitrogen and oxygen atoms in total. The molecular weight excluding hydrogens is 242 g/mol. The first-order valence-electron chi connectivity index (χ1n) is 6.68. The minimum Gasteiger partial charge on any atom is -0.497 e. The lowest BCUT2D eigenvalue weighted by Crippen LogP contribution is -2.33. The largest absolute Gasteiger partial charge is 0.497 e. The van der Waals surface area contributed by atoms with Crippen molar-refractivity contribution in [3.8, 4) is 5.75 Å². The molecule has 0 fully saturated rings. The molecule has 0 radical (unpaired) electrons. The van der Waals surface area contributed by atoms with Crippen LogP contribution in [0.2, 0.25) is 0 Å². The zero-order valence-corrected chi connectivity index (χ0v) is 12.2. The van der Waals surface area contributed by atoms with E-state index in [9.17, 15) is 4.79 Å². The van der Waals surface area contributed by atoms with Gasteiger partial charge in [-0.2, -0.15) is 0 Å². The average molecular weight is 265 g/mol. The van der Waals surface area contributed by atoms with E-state index < -0.39 is 0 Å². The van der Waals surface area contributed by atoms with Gasteiger partial charge in [-0.3, -0.25) is 0 Å². The van der Waals surface area contributed by atoms with Crippen LogP contribution in [0.1, 0.15) is 31.1 Å². The maximum Gasteiger partial charge on any atom is 0.338 e. The van der Waals surface area contributed by atoms with Gasteiger partial charge in [-0.1, -0.05) is 19.9 Å². The second kappa shape index (κ2) is 7.79. The first-order valence-corrected chi connectivity index (χ1v) is 6.68. The lowest BCUT2D eigenvalue weighted by molar-refractivity contribution is 0.0260. The fourth-order valence-corrected chi connectivity index (χ4v) is 1.88. The summed E-state index contributed by atoms with van der Waals surface area (Å²) >= 11 is 0. The van der Waals surface area contributed by atoms with Gasteiger partial charge in [-0.25, -0.2) is 4.79 Å². The highest BCUT2D eigenvalue weighted by Gasteiger charge is 2.14. The molecule has 1 aromatic carbocycles. The number of ether oxygens (including phenoxy) is 2. The van der Waals surface area contributed by atoms with Crippen LogP contribution in [0, 0.1) is 0 Å². The summed E-state index contributed by atoms with van der Waals surface area (Å²) in [6, 6.07) is 7.00. The van der Waals surface area contributed by atoms with Gasteiger partial charge in [0.25, 0.3) is 0 Å². The molecule has 1 rings (SSSR count).